The van der Waals surface area contributed by atoms with Gasteiger partial charge in [-0.3, -0.25) is 4.79 Å². The van der Waals surface area contributed by atoms with E-state index >= 15 is 0 Å². The molecule has 4 nitrogen and oxygen atoms in total. The van der Waals surface area contributed by atoms with Crippen molar-refractivity contribution in [2.45, 2.75) is 37.5 Å². The molecule has 108 valence electrons. The van der Waals surface area contributed by atoms with Crippen molar-refractivity contribution in [3.8, 4) is 11.5 Å². The highest BCUT2D eigenvalue weighted by Crippen LogP contribution is 2.47. The fourth-order valence-electron chi connectivity index (χ4n) is 3.21. The van der Waals surface area contributed by atoms with E-state index in [-0.39, 0.29) is 12.7 Å². The number of carbonyl (C=O) groups excluding carboxylic acids is 1. The lowest BCUT2D eigenvalue weighted by atomic mass is 9.64. The zero-order valence-electron chi connectivity index (χ0n) is 11.8. The van der Waals surface area contributed by atoms with E-state index in [1.54, 1.807) is 0 Å². The van der Waals surface area contributed by atoms with Gasteiger partial charge in [0.15, 0.2) is 11.5 Å². The molecule has 1 fully saturated rings. The molecule has 1 aromatic carbocycles. The Balaban J connectivity index is 1.66. The van der Waals surface area contributed by atoms with Crippen molar-refractivity contribution in [2.24, 2.45) is 4.99 Å². The van der Waals surface area contributed by atoms with Gasteiger partial charge in [-0.05, 0) is 30.5 Å². The molecule has 3 aliphatic rings. The van der Waals surface area contributed by atoms with Gasteiger partial charge >= 0.3 is 0 Å². The summed E-state index contributed by atoms with van der Waals surface area (Å²) < 4.78 is 10.8. The SMILES string of the molecule is O=C(N=C1CC=CC1)C1(c2ccc3c(c2)OCO3)CCC1. The van der Waals surface area contributed by atoms with Crippen LogP contribution in [-0.4, -0.2) is 18.4 Å². The Morgan fingerprint density at radius 1 is 1.10 bits per heavy atom. The number of amides is 1. The largest absolute Gasteiger partial charge is 0.454 e. The first-order valence-corrected chi connectivity index (χ1v) is 7.44. The molecule has 1 heterocycles. The lowest BCUT2D eigenvalue weighted by Gasteiger charge is -2.39. The van der Waals surface area contributed by atoms with Crippen molar-refractivity contribution in [3.63, 3.8) is 0 Å². The van der Waals surface area contributed by atoms with Crippen LogP contribution in [0.3, 0.4) is 0 Å². The van der Waals surface area contributed by atoms with E-state index in [0.717, 1.165) is 54.9 Å². The van der Waals surface area contributed by atoms with Gasteiger partial charge in [-0.15, -0.1) is 0 Å². The van der Waals surface area contributed by atoms with Crippen LogP contribution in [0.4, 0.5) is 0 Å². The monoisotopic (exact) mass is 283 g/mol. The van der Waals surface area contributed by atoms with E-state index in [0.29, 0.717) is 0 Å². The Labute approximate surface area is 123 Å². The molecule has 2 aliphatic carbocycles. The third-order valence-electron chi connectivity index (χ3n) is 4.67. The first-order valence-electron chi connectivity index (χ1n) is 7.44. The fraction of sp³-hybridized carbons (Fsp3) is 0.412. The normalized spacial score (nSPS) is 21.2. The molecule has 21 heavy (non-hydrogen) atoms. The third kappa shape index (κ3) is 1.97. The van der Waals surface area contributed by atoms with Crippen molar-refractivity contribution in [3.05, 3.63) is 35.9 Å². The molecule has 4 heteroatoms. The molecule has 0 unspecified atom stereocenters. The predicted octanol–water partition coefficient (Wildman–Crippen LogP) is 3.15. The smallest absolute Gasteiger partial charge is 0.256 e. The molecule has 0 saturated heterocycles. The number of nitrogens with zero attached hydrogens (tertiary/aromatic N) is 1. The van der Waals surface area contributed by atoms with Crippen LogP contribution in [0.5, 0.6) is 11.5 Å². The van der Waals surface area contributed by atoms with Crippen LogP contribution in [0.2, 0.25) is 0 Å². The predicted molar refractivity (Wildman–Crippen MR) is 78.9 cm³/mol. The molecule has 0 radical (unpaired) electrons. The first kappa shape index (κ1) is 12.6. The Morgan fingerprint density at radius 3 is 2.57 bits per heavy atom. The number of ether oxygens (including phenoxy) is 2. The van der Waals surface area contributed by atoms with E-state index in [2.05, 4.69) is 17.1 Å². The second kappa shape index (κ2) is 4.72. The fourth-order valence-corrected chi connectivity index (χ4v) is 3.21. The standard InChI is InChI=1S/C17H17NO3/c19-16(18-13-4-1-2-5-13)17(8-3-9-17)12-6-7-14-15(10-12)21-11-20-14/h1-2,6-7,10H,3-5,8-9,11H2. The molecular formula is C17H17NO3. The molecule has 1 saturated carbocycles. The van der Waals surface area contributed by atoms with Gasteiger partial charge in [-0.2, -0.15) is 0 Å². The highest BCUT2D eigenvalue weighted by molar-refractivity contribution is 6.02. The lowest BCUT2D eigenvalue weighted by Crippen LogP contribution is -2.41. The van der Waals surface area contributed by atoms with Gasteiger partial charge in [0.25, 0.3) is 5.91 Å². The molecule has 0 N–H and O–H groups in total. The average molecular weight is 283 g/mol. The molecule has 0 bridgehead atoms. The summed E-state index contributed by atoms with van der Waals surface area (Å²) in [7, 11) is 0. The molecule has 4 rings (SSSR count). The number of rotatable bonds is 2. The second-order valence-corrected chi connectivity index (χ2v) is 5.87. The average Bonchev–Trinajstić information content (AvgIpc) is 3.07. The van der Waals surface area contributed by atoms with Crippen LogP contribution in [0, 0.1) is 0 Å². The summed E-state index contributed by atoms with van der Waals surface area (Å²) in [6, 6.07) is 5.83. The van der Waals surface area contributed by atoms with E-state index < -0.39 is 5.41 Å². The second-order valence-electron chi connectivity index (χ2n) is 5.87. The van der Waals surface area contributed by atoms with Crippen molar-refractivity contribution in [1.29, 1.82) is 0 Å². The maximum atomic E-state index is 12.7. The van der Waals surface area contributed by atoms with Crippen LogP contribution in [0.15, 0.2) is 35.3 Å². The summed E-state index contributed by atoms with van der Waals surface area (Å²) in [6.45, 7) is 0.258. The van der Waals surface area contributed by atoms with Crippen molar-refractivity contribution in [2.75, 3.05) is 6.79 Å². The van der Waals surface area contributed by atoms with Crippen molar-refractivity contribution < 1.29 is 14.3 Å². The minimum Gasteiger partial charge on any atom is -0.454 e. The highest BCUT2D eigenvalue weighted by Gasteiger charge is 2.46. The molecule has 0 aromatic heterocycles. The van der Waals surface area contributed by atoms with E-state index in [1.807, 2.05) is 18.2 Å². The van der Waals surface area contributed by atoms with E-state index in [4.69, 9.17) is 9.47 Å². The number of hydrogen-bond acceptors (Lipinski definition) is 3. The summed E-state index contributed by atoms with van der Waals surface area (Å²) in [5, 5.41) is 0. The van der Waals surface area contributed by atoms with E-state index in [9.17, 15) is 4.79 Å². The van der Waals surface area contributed by atoms with Crippen molar-refractivity contribution >= 4 is 11.6 Å². The molecule has 1 amide bonds. The van der Waals surface area contributed by atoms with Gasteiger partial charge in [0.2, 0.25) is 6.79 Å². The molecule has 1 aromatic rings. The summed E-state index contributed by atoms with van der Waals surface area (Å²) >= 11 is 0. The van der Waals surface area contributed by atoms with Crippen molar-refractivity contribution in [1.82, 2.24) is 0 Å². The minimum absolute atomic E-state index is 0.00585. The van der Waals surface area contributed by atoms with E-state index in [1.165, 1.54) is 0 Å². The Bertz CT molecular complexity index is 646. The maximum Gasteiger partial charge on any atom is 0.256 e. The number of fused-ring (bicyclic) bond motifs is 1. The van der Waals surface area contributed by atoms with Gasteiger partial charge < -0.3 is 9.47 Å². The number of hydrogen-bond donors (Lipinski definition) is 0. The molecule has 1 aliphatic heterocycles. The minimum atomic E-state index is -0.448. The molecular weight excluding hydrogens is 266 g/mol. The number of aliphatic imine (C=N–C) groups is 1. The van der Waals surface area contributed by atoms with Gasteiger partial charge in [-0.25, -0.2) is 4.99 Å². The number of allylic oxidation sites excluding steroid dienone is 2. The maximum absolute atomic E-state index is 12.7. The quantitative estimate of drug-likeness (QED) is 0.783. The lowest BCUT2D eigenvalue weighted by molar-refractivity contribution is -0.126. The van der Waals surface area contributed by atoms with Gasteiger partial charge in [0.05, 0.1) is 5.41 Å². The van der Waals surface area contributed by atoms with Gasteiger partial charge in [-0.1, -0.05) is 24.6 Å². The summed E-state index contributed by atoms with van der Waals surface area (Å²) in [6.07, 6.45) is 8.57. The van der Waals surface area contributed by atoms with Crippen LogP contribution < -0.4 is 9.47 Å². The first-order chi connectivity index (χ1) is 10.3. The summed E-state index contributed by atoms with van der Waals surface area (Å²) in [5.41, 5.74) is 1.54. The molecule has 0 spiro atoms. The topological polar surface area (TPSA) is 47.9 Å². The molecule has 0 atom stereocenters. The number of carbonyl (C=O) groups is 1. The highest BCUT2D eigenvalue weighted by atomic mass is 16.7. The summed E-state index contributed by atoms with van der Waals surface area (Å²) in [4.78, 5) is 17.1. The third-order valence-corrected chi connectivity index (χ3v) is 4.67. The van der Waals surface area contributed by atoms with Crippen LogP contribution in [0.1, 0.15) is 37.7 Å². The number of benzene rings is 1. The van der Waals surface area contributed by atoms with Crippen LogP contribution in [0.25, 0.3) is 0 Å². The van der Waals surface area contributed by atoms with Crippen LogP contribution >= 0.6 is 0 Å². The van der Waals surface area contributed by atoms with Gasteiger partial charge in [0, 0.05) is 18.6 Å². The zero-order chi connectivity index (χ0) is 14.3. The van der Waals surface area contributed by atoms with Gasteiger partial charge in [0.1, 0.15) is 0 Å². The Morgan fingerprint density at radius 2 is 1.86 bits per heavy atom. The summed E-state index contributed by atoms with van der Waals surface area (Å²) in [5.74, 6) is 1.50. The Kier molecular flexibility index (Phi) is 2.84. The van der Waals surface area contributed by atoms with Crippen LogP contribution in [-0.2, 0) is 10.2 Å². The zero-order valence-corrected chi connectivity index (χ0v) is 11.8. The Hall–Kier alpha value is -2.10.